The highest BCUT2D eigenvalue weighted by atomic mass is 35.5. The van der Waals surface area contributed by atoms with Crippen molar-refractivity contribution < 1.29 is 4.79 Å². The monoisotopic (exact) mass is 328 g/mol. The van der Waals surface area contributed by atoms with Crippen molar-refractivity contribution in [3.63, 3.8) is 0 Å². The number of rotatable bonds is 4. The molecule has 1 spiro atoms. The molecule has 116 valence electrons. The maximum atomic E-state index is 12.2. The van der Waals surface area contributed by atoms with Crippen molar-refractivity contribution in [2.75, 3.05) is 19.6 Å². The average molecular weight is 329 g/mol. The van der Waals surface area contributed by atoms with Gasteiger partial charge in [-0.05, 0) is 55.8 Å². The van der Waals surface area contributed by atoms with Crippen molar-refractivity contribution >= 4 is 29.9 Å². The first-order chi connectivity index (χ1) is 9.71. The summed E-state index contributed by atoms with van der Waals surface area (Å²) in [7, 11) is 0. The molecule has 1 aliphatic heterocycles. The molecule has 1 heterocycles. The van der Waals surface area contributed by atoms with Gasteiger partial charge in [-0.2, -0.15) is 0 Å². The number of carbonyl (C=O) groups excluding carboxylic acids is 1. The number of amides is 1. The van der Waals surface area contributed by atoms with E-state index in [9.17, 15) is 4.79 Å². The van der Waals surface area contributed by atoms with Gasteiger partial charge in [-0.1, -0.05) is 29.8 Å². The van der Waals surface area contributed by atoms with E-state index in [0.717, 1.165) is 49.4 Å². The minimum atomic E-state index is 0. The Hall–Kier alpha value is -0.770. The Bertz CT molecular complexity index is 501. The molecule has 0 aromatic heterocycles. The Balaban J connectivity index is 0.00000161. The van der Waals surface area contributed by atoms with Crippen LogP contribution < -0.4 is 10.6 Å². The summed E-state index contributed by atoms with van der Waals surface area (Å²) in [6, 6.07) is 7.81. The molecule has 21 heavy (non-hydrogen) atoms. The molecule has 1 aromatic carbocycles. The maximum Gasteiger partial charge on any atom is 0.223 e. The van der Waals surface area contributed by atoms with Crippen LogP contribution in [0.4, 0.5) is 0 Å². The molecule has 1 unspecified atom stereocenters. The van der Waals surface area contributed by atoms with E-state index in [1.165, 1.54) is 0 Å². The van der Waals surface area contributed by atoms with Gasteiger partial charge in [0.2, 0.25) is 5.91 Å². The van der Waals surface area contributed by atoms with Crippen molar-refractivity contribution in [1.29, 1.82) is 0 Å². The number of hydrogen-bond acceptors (Lipinski definition) is 2. The lowest BCUT2D eigenvalue weighted by Crippen LogP contribution is -2.34. The van der Waals surface area contributed by atoms with E-state index < -0.39 is 0 Å². The number of nitrogens with one attached hydrogen (secondary N) is 2. The quantitative estimate of drug-likeness (QED) is 0.892. The molecule has 1 atom stereocenters. The lowest BCUT2D eigenvalue weighted by atomic mass is 9.92. The van der Waals surface area contributed by atoms with Gasteiger partial charge in [-0.25, -0.2) is 0 Å². The van der Waals surface area contributed by atoms with E-state index in [1.54, 1.807) is 0 Å². The van der Waals surface area contributed by atoms with Crippen LogP contribution in [-0.4, -0.2) is 25.5 Å². The van der Waals surface area contributed by atoms with E-state index in [4.69, 9.17) is 11.6 Å². The van der Waals surface area contributed by atoms with Crippen molar-refractivity contribution in [2.45, 2.75) is 25.7 Å². The topological polar surface area (TPSA) is 41.1 Å². The van der Waals surface area contributed by atoms with Gasteiger partial charge in [-0.3, -0.25) is 4.79 Å². The summed E-state index contributed by atoms with van der Waals surface area (Å²) in [6.07, 6.45) is 4.17. The Kier molecular flexibility index (Phi) is 5.53. The van der Waals surface area contributed by atoms with Crippen LogP contribution >= 0.6 is 24.0 Å². The zero-order valence-electron chi connectivity index (χ0n) is 12.0. The molecule has 2 N–H and O–H groups in total. The van der Waals surface area contributed by atoms with Gasteiger partial charge in [0.25, 0.3) is 0 Å². The Morgan fingerprint density at radius 1 is 1.33 bits per heavy atom. The molecular weight excluding hydrogens is 307 g/mol. The predicted octanol–water partition coefficient (Wildman–Crippen LogP) is 2.81. The smallest absolute Gasteiger partial charge is 0.223 e. The van der Waals surface area contributed by atoms with Crippen molar-refractivity contribution in [3.8, 4) is 0 Å². The number of carbonyl (C=O) groups is 1. The number of benzene rings is 1. The standard InChI is InChI=1S/C16H21ClN2O.ClH/c17-14-4-2-1-3-12(14)5-8-19-15(20)13-11-16(13)6-9-18-10-7-16;/h1-4,13,18H,5-11H2,(H,19,20);1H. The van der Waals surface area contributed by atoms with Gasteiger partial charge < -0.3 is 10.6 Å². The molecule has 1 amide bonds. The number of halogens is 2. The number of hydrogen-bond donors (Lipinski definition) is 2. The zero-order chi connectivity index (χ0) is 14.0. The Labute approximate surface area is 137 Å². The highest BCUT2D eigenvalue weighted by Gasteiger charge is 2.57. The fraction of sp³-hybridized carbons (Fsp3) is 0.562. The van der Waals surface area contributed by atoms with Gasteiger partial charge in [0.1, 0.15) is 0 Å². The van der Waals surface area contributed by atoms with Crippen LogP contribution in [0.2, 0.25) is 5.02 Å². The van der Waals surface area contributed by atoms with Gasteiger partial charge in [-0.15, -0.1) is 12.4 Å². The van der Waals surface area contributed by atoms with Crippen LogP contribution in [0.1, 0.15) is 24.8 Å². The third kappa shape index (κ3) is 3.71. The Morgan fingerprint density at radius 3 is 2.76 bits per heavy atom. The van der Waals surface area contributed by atoms with E-state index >= 15 is 0 Å². The fourth-order valence-corrected chi connectivity index (χ4v) is 3.57. The molecule has 3 nitrogen and oxygen atoms in total. The van der Waals surface area contributed by atoms with Gasteiger partial charge in [0.15, 0.2) is 0 Å². The van der Waals surface area contributed by atoms with Crippen LogP contribution in [0.5, 0.6) is 0 Å². The van der Waals surface area contributed by atoms with E-state index in [-0.39, 0.29) is 24.2 Å². The van der Waals surface area contributed by atoms with Crippen molar-refractivity contribution in [1.82, 2.24) is 10.6 Å². The second-order valence-electron chi connectivity index (χ2n) is 6.00. The van der Waals surface area contributed by atoms with Crippen LogP contribution in [0, 0.1) is 11.3 Å². The molecule has 1 aromatic rings. The maximum absolute atomic E-state index is 12.2. The third-order valence-corrected chi connectivity index (χ3v) is 5.13. The second kappa shape index (κ2) is 6.99. The third-order valence-electron chi connectivity index (χ3n) is 4.76. The fourth-order valence-electron chi connectivity index (χ4n) is 3.34. The molecule has 1 saturated carbocycles. The van der Waals surface area contributed by atoms with E-state index in [2.05, 4.69) is 10.6 Å². The van der Waals surface area contributed by atoms with Gasteiger partial charge >= 0.3 is 0 Å². The summed E-state index contributed by atoms with van der Waals surface area (Å²) in [5.74, 6) is 0.481. The van der Waals surface area contributed by atoms with Crippen molar-refractivity contribution in [2.24, 2.45) is 11.3 Å². The normalized spacial score (nSPS) is 22.4. The lowest BCUT2D eigenvalue weighted by Gasteiger charge is -2.23. The highest BCUT2D eigenvalue weighted by Crippen LogP contribution is 2.58. The lowest BCUT2D eigenvalue weighted by molar-refractivity contribution is -0.123. The second-order valence-corrected chi connectivity index (χ2v) is 6.41. The predicted molar refractivity (Wildman–Crippen MR) is 88.1 cm³/mol. The van der Waals surface area contributed by atoms with Crippen LogP contribution in [0.3, 0.4) is 0 Å². The zero-order valence-corrected chi connectivity index (χ0v) is 13.6. The highest BCUT2D eigenvalue weighted by molar-refractivity contribution is 6.31. The first-order valence-electron chi connectivity index (χ1n) is 7.43. The van der Waals surface area contributed by atoms with Crippen LogP contribution in [0.25, 0.3) is 0 Å². The first-order valence-corrected chi connectivity index (χ1v) is 7.81. The number of piperidine rings is 1. The Morgan fingerprint density at radius 2 is 2.05 bits per heavy atom. The largest absolute Gasteiger partial charge is 0.356 e. The summed E-state index contributed by atoms with van der Waals surface area (Å²) in [6.45, 7) is 2.79. The first kappa shape index (κ1) is 16.6. The molecule has 1 saturated heterocycles. The minimum absolute atomic E-state index is 0. The molecule has 2 aliphatic rings. The molecule has 0 radical (unpaired) electrons. The molecule has 5 heteroatoms. The summed E-state index contributed by atoms with van der Waals surface area (Å²) in [5.41, 5.74) is 1.42. The summed E-state index contributed by atoms with van der Waals surface area (Å²) < 4.78 is 0. The summed E-state index contributed by atoms with van der Waals surface area (Å²) >= 11 is 6.11. The SMILES string of the molecule is Cl.O=C(NCCc1ccccc1Cl)C1CC12CCNCC2. The molecule has 1 aliphatic carbocycles. The van der Waals surface area contributed by atoms with E-state index in [1.807, 2.05) is 24.3 Å². The molecule has 3 rings (SSSR count). The minimum Gasteiger partial charge on any atom is -0.356 e. The average Bonchev–Trinajstić information content (AvgIpc) is 3.15. The van der Waals surface area contributed by atoms with E-state index in [0.29, 0.717) is 12.0 Å². The molecule has 2 fully saturated rings. The van der Waals surface area contributed by atoms with Gasteiger partial charge in [0, 0.05) is 17.5 Å². The summed E-state index contributed by atoms with van der Waals surface area (Å²) in [5, 5.41) is 7.22. The molecule has 0 bridgehead atoms. The van der Waals surface area contributed by atoms with Crippen LogP contribution in [0.15, 0.2) is 24.3 Å². The van der Waals surface area contributed by atoms with Gasteiger partial charge in [0.05, 0.1) is 0 Å². The summed E-state index contributed by atoms with van der Waals surface area (Å²) in [4.78, 5) is 12.2. The molecular formula is C16H22Cl2N2O. The van der Waals surface area contributed by atoms with Crippen molar-refractivity contribution in [3.05, 3.63) is 34.9 Å². The van der Waals surface area contributed by atoms with Crippen LogP contribution in [-0.2, 0) is 11.2 Å².